The first-order valence-corrected chi connectivity index (χ1v) is 8.04. The molecule has 3 atom stereocenters. The van der Waals surface area contributed by atoms with Crippen LogP contribution >= 0.6 is 0 Å². The predicted molar refractivity (Wildman–Crippen MR) is 84.4 cm³/mol. The Labute approximate surface area is 129 Å². The Bertz CT molecular complexity index is 329. The summed E-state index contributed by atoms with van der Waals surface area (Å²) in [7, 11) is 2.12. The van der Waals surface area contributed by atoms with Gasteiger partial charge in [-0.25, -0.2) is 0 Å². The minimum Gasteiger partial charge on any atom is -0.465 e. The summed E-state index contributed by atoms with van der Waals surface area (Å²) in [4.78, 5) is 14.7. The summed E-state index contributed by atoms with van der Waals surface area (Å²) in [6.07, 6.45) is 1.78. The van der Waals surface area contributed by atoms with Crippen LogP contribution < -0.4 is 5.32 Å². The normalized spacial score (nSPS) is 23.3. The fourth-order valence-electron chi connectivity index (χ4n) is 3.07. The number of hydrogen-bond acceptors (Lipinski definition) is 5. The number of carbonyl (C=O) groups excluding carboxylic acids is 1. The molecular formula is C16H32N2O3. The van der Waals surface area contributed by atoms with E-state index in [1.54, 1.807) is 0 Å². The summed E-state index contributed by atoms with van der Waals surface area (Å²) in [5.74, 6) is -0.165. The van der Waals surface area contributed by atoms with Crippen molar-refractivity contribution in [3.8, 4) is 0 Å². The Morgan fingerprint density at radius 1 is 1.48 bits per heavy atom. The number of ether oxygens (including phenoxy) is 2. The van der Waals surface area contributed by atoms with Crippen molar-refractivity contribution in [2.24, 2.45) is 0 Å². The molecule has 1 aliphatic heterocycles. The third kappa shape index (κ3) is 5.24. The average Bonchev–Trinajstić information content (AvgIpc) is 2.90. The third-order valence-electron chi connectivity index (χ3n) is 4.21. The van der Waals surface area contributed by atoms with Gasteiger partial charge >= 0.3 is 5.97 Å². The minimum atomic E-state index is -0.655. The molecule has 3 unspecified atom stereocenters. The van der Waals surface area contributed by atoms with Gasteiger partial charge in [0.2, 0.25) is 0 Å². The molecule has 1 N–H and O–H groups in total. The Balaban J connectivity index is 2.72. The smallest absolute Gasteiger partial charge is 0.326 e. The number of nitrogens with one attached hydrogen (secondary N) is 1. The van der Waals surface area contributed by atoms with Crippen molar-refractivity contribution in [3.05, 3.63) is 0 Å². The van der Waals surface area contributed by atoms with Gasteiger partial charge in [0.05, 0.1) is 13.2 Å². The summed E-state index contributed by atoms with van der Waals surface area (Å²) in [5, 5.41) is 3.38. The van der Waals surface area contributed by atoms with Crippen LogP contribution in [0.1, 0.15) is 47.5 Å². The molecule has 5 nitrogen and oxygen atoms in total. The molecule has 0 spiro atoms. The molecule has 0 saturated carbocycles. The molecule has 0 radical (unpaired) electrons. The Hall–Kier alpha value is -0.650. The molecule has 0 bridgehead atoms. The SMILES string of the molecule is CCOC(=O)C(C)(CC(C)N(C)C1CCOC1)NC(C)C. The monoisotopic (exact) mass is 300 g/mol. The number of esters is 1. The van der Waals surface area contributed by atoms with Crippen molar-refractivity contribution in [2.75, 3.05) is 26.9 Å². The lowest BCUT2D eigenvalue weighted by molar-refractivity contribution is -0.151. The number of carbonyl (C=O) groups is 1. The molecular weight excluding hydrogens is 268 g/mol. The zero-order valence-electron chi connectivity index (χ0n) is 14.4. The van der Waals surface area contributed by atoms with Crippen LogP contribution in [-0.4, -0.2) is 61.4 Å². The fourth-order valence-corrected chi connectivity index (χ4v) is 3.07. The molecule has 0 amide bonds. The lowest BCUT2D eigenvalue weighted by Gasteiger charge is -2.37. The minimum absolute atomic E-state index is 0.165. The lowest BCUT2D eigenvalue weighted by Crippen LogP contribution is -2.56. The highest BCUT2D eigenvalue weighted by Crippen LogP contribution is 2.22. The molecule has 5 heteroatoms. The standard InChI is InChI=1S/C16H32N2O3/c1-7-21-15(19)16(5,17-12(2)3)10-13(4)18(6)14-8-9-20-11-14/h12-14,17H,7-11H2,1-6H3. The van der Waals surface area contributed by atoms with Crippen LogP contribution in [-0.2, 0) is 14.3 Å². The van der Waals surface area contributed by atoms with Gasteiger partial charge in [-0.3, -0.25) is 15.0 Å². The van der Waals surface area contributed by atoms with Crippen LogP contribution in [0.15, 0.2) is 0 Å². The van der Waals surface area contributed by atoms with Crippen LogP contribution in [0.2, 0.25) is 0 Å². The molecule has 1 rings (SSSR count). The maximum Gasteiger partial charge on any atom is 0.326 e. The van der Waals surface area contributed by atoms with Gasteiger partial charge in [0.15, 0.2) is 0 Å². The molecule has 124 valence electrons. The zero-order chi connectivity index (χ0) is 16.0. The van der Waals surface area contributed by atoms with Gasteiger partial charge in [0.1, 0.15) is 5.54 Å². The number of hydrogen-bond donors (Lipinski definition) is 1. The number of nitrogens with zero attached hydrogens (tertiary/aromatic N) is 1. The summed E-state index contributed by atoms with van der Waals surface area (Å²) >= 11 is 0. The quantitative estimate of drug-likeness (QED) is 0.693. The highest BCUT2D eigenvalue weighted by atomic mass is 16.5. The lowest BCUT2D eigenvalue weighted by atomic mass is 9.91. The van der Waals surface area contributed by atoms with Gasteiger partial charge in [-0.15, -0.1) is 0 Å². The van der Waals surface area contributed by atoms with Crippen LogP contribution in [0.5, 0.6) is 0 Å². The van der Waals surface area contributed by atoms with Crippen molar-refractivity contribution >= 4 is 5.97 Å². The molecule has 0 aromatic rings. The average molecular weight is 300 g/mol. The third-order valence-corrected chi connectivity index (χ3v) is 4.21. The first-order valence-electron chi connectivity index (χ1n) is 8.04. The summed E-state index contributed by atoms with van der Waals surface area (Å²) in [6.45, 7) is 12.1. The first kappa shape index (κ1) is 18.4. The van der Waals surface area contributed by atoms with E-state index >= 15 is 0 Å². The largest absolute Gasteiger partial charge is 0.465 e. The van der Waals surface area contributed by atoms with E-state index in [1.165, 1.54) is 0 Å². The molecule has 0 aromatic carbocycles. The fraction of sp³-hybridized carbons (Fsp3) is 0.938. The second-order valence-electron chi connectivity index (χ2n) is 6.59. The topological polar surface area (TPSA) is 50.8 Å². The molecule has 1 heterocycles. The van der Waals surface area contributed by atoms with E-state index in [1.807, 2.05) is 13.8 Å². The van der Waals surface area contributed by atoms with Gasteiger partial charge in [-0.05, 0) is 54.5 Å². The Kier molecular flexibility index (Phi) is 7.10. The van der Waals surface area contributed by atoms with Crippen molar-refractivity contribution in [1.29, 1.82) is 0 Å². The molecule has 1 fully saturated rings. The molecule has 1 saturated heterocycles. The van der Waals surface area contributed by atoms with Gasteiger partial charge in [0, 0.05) is 24.7 Å². The molecule has 0 aromatic heterocycles. The molecule has 21 heavy (non-hydrogen) atoms. The first-order chi connectivity index (χ1) is 9.80. The van der Waals surface area contributed by atoms with E-state index in [0.29, 0.717) is 12.6 Å². The summed E-state index contributed by atoms with van der Waals surface area (Å²) < 4.78 is 10.7. The Morgan fingerprint density at radius 2 is 2.14 bits per heavy atom. The van der Waals surface area contributed by atoms with E-state index < -0.39 is 5.54 Å². The van der Waals surface area contributed by atoms with Crippen LogP contribution in [0.4, 0.5) is 0 Å². The highest BCUT2D eigenvalue weighted by Gasteiger charge is 2.38. The van der Waals surface area contributed by atoms with E-state index in [9.17, 15) is 4.79 Å². The predicted octanol–water partition coefficient (Wildman–Crippen LogP) is 1.81. The Morgan fingerprint density at radius 3 is 2.62 bits per heavy atom. The van der Waals surface area contributed by atoms with Crippen molar-refractivity contribution < 1.29 is 14.3 Å². The second-order valence-corrected chi connectivity index (χ2v) is 6.59. The van der Waals surface area contributed by atoms with Crippen LogP contribution in [0.3, 0.4) is 0 Å². The highest BCUT2D eigenvalue weighted by molar-refractivity contribution is 5.80. The van der Waals surface area contributed by atoms with Gasteiger partial charge in [0.25, 0.3) is 0 Å². The van der Waals surface area contributed by atoms with E-state index in [4.69, 9.17) is 9.47 Å². The second kappa shape index (κ2) is 8.11. The maximum absolute atomic E-state index is 12.4. The van der Waals surface area contributed by atoms with E-state index in [2.05, 4.69) is 38.0 Å². The zero-order valence-corrected chi connectivity index (χ0v) is 14.4. The van der Waals surface area contributed by atoms with Gasteiger partial charge < -0.3 is 9.47 Å². The van der Waals surface area contributed by atoms with E-state index in [-0.39, 0.29) is 18.1 Å². The van der Waals surface area contributed by atoms with Crippen molar-refractivity contribution in [2.45, 2.75) is 71.1 Å². The van der Waals surface area contributed by atoms with Gasteiger partial charge in [-0.2, -0.15) is 0 Å². The van der Waals surface area contributed by atoms with Crippen molar-refractivity contribution in [1.82, 2.24) is 10.2 Å². The molecule has 1 aliphatic rings. The maximum atomic E-state index is 12.4. The van der Waals surface area contributed by atoms with Crippen LogP contribution in [0, 0.1) is 0 Å². The number of likely N-dealkylation sites (N-methyl/N-ethyl adjacent to an activating group) is 1. The van der Waals surface area contributed by atoms with Crippen LogP contribution in [0.25, 0.3) is 0 Å². The van der Waals surface area contributed by atoms with Gasteiger partial charge in [-0.1, -0.05) is 0 Å². The number of rotatable bonds is 8. The van der Waals surface area contributed by atoms with E-state index in [0.717, 1.165) is 26.1 Å². The molecule has 0 aliphatic carbocycles. The summed E-state index contributed by atoms with van der Waals surface area (Å²) in [6, 6.07) is 0.953. The van der Waals surface area contributed by atoms with Crippen molar-refractivity contribution in [3.63, 3.8) is 0 Å². The summed E-state index contributed by atoms with van der Waals surface area (Å²) in [5.41, 5.74) is -0.655.